The van der Waals surface area contributed by atoms with Crippen molar-refractivity contribution in [3.05, 3.63) is 99.1 Å². The summed E-state index contributed by atoms with van der Waals surface area (Å²) in [6, 6.07) is 20.2. The van der Waals surface area contributed by atoms with Crippen LogP contribution in [0.4, 0.5) is 5.69 Å². The Labute approximate surface area is 196 Å². The first kappa shape index (κ1) is 23.8. The van der Waals surface area contributed by atoms with E-state index in [0.29, 0.717) is 12.3 Å². The smallest absolute Gasteiger partial charge is 0.266 e. The number of hydrogen-bond acceptors (Lipinski definition) is 3. The molecule has 1 amide bonds. The zero-order valence-electron chi connectivity index (χ0n) is 20.0. The Morgan fingerprint density at radius 3 is 2.36 bits per heavy atom. The second kappa shape index (κ2) is 10.7. The van der Waals surface area contributed by atoms with E-state index in [0.717, 1.165) is 34.4 Å². The first-order chi connectivity index (χ1) is 15.8. The summed E-state index contributed by atoms with van der Waals surface area (Å²) in [5, 5.41) is 12.5. The molecule has 0 radical (unpaired) electrons. The molecule has 4 nitrogen and oxygen atoms in total. The van der Waals surface area contributed by atoms with Gasteiger partial charge in [-0.1, -0.05) is 53.6 Å². The molecule has 4 heteroatoms. The summed E-state index contributed by atoms with van der Waals surface area (Å²) in [6.45, 7) is 10.6. The number of amides is 1. The van der Waals surface area contributed by atoms with Crippen LogP contribution in [0.1, 0.15) is 45.9 Å². The number of nitrogens with zero attached hydrogens (tertiary/aromatic N) is 1. The largest absolute Gasteiger partial charge is 0.494 e. The number of aryl methyl sites for hydroxylation is 4. The van der Waals surface area contributed by atoms with Crippen molar-refractivity contribution in [2.24, 2.45) is 0 Å². The predicted octanol–water partition coefficient (Wildman–Crippen LogP) is 6.46. The fourth-order valence-corrected chi connectivity index (χ4v) is 3.86. The van der Waals surface area contributed by atoms with Gasteiger partial charge >= 0.3 is 0 Å². The molecule has 168 valence electrons. The van der Waals surface area contributed by atoms with E-state index in [1.807, 2.05) is 63.2 Å². The van der Waals surface area contributed by atoms with Crippen molar-refractivity contribution < 1.29 is 9.53 Å². The van der Waals surface area contributed by atoms with Crippen LogP contribution in [0.2, 0.25) is 0 Å². The Bertz CT molecular complexity index is 1230. The van der Waals surface area contributed by atoms with Crippen LogP contribution in [0.25, 0.3) is 6.08 Å². The molecule has 0 unspecified atom stereocenters. The van der Waals surface area contributed by atoms with Crippen LogP contribution >= 0.6 is 0 Å². The topological polar surface area (TPSA) is 62.1 Å². The number of nitriles is 1. The second-order valence-corrected chi connectivity index (χ2v) is 8.42. The Morgan fingerprint density at radius 1 is 0.970 bits per heavy atom. The van der Waals surface area contributed by atoms with Crippen LogP contribution < -0.4 is 10.1 Å². The highest BCUT2D eigenvalue weighted by Crippen LogP contribution is 2.26. The van der Waals surface area contributed by atoms with E-state index in [-0.39, 0.29) is 5.57 Å². The van der Waals surface area contributed by atoms with Gasteiger partial charge in [-0.05, 0) is 80.6 Å². The Balaban J connectivity index is 1.88. The summed E-state index contributed by atoms with van der Waals surface area (Å²) in [4.78, 5) is 12.8. The van der Waals surface area contributed by atoms with Gasteiger partial charge in [-0.15, -0.1) is 0 Å². The molecule has 0 fully saturated rings. The normalized spacial score (nSPS) is 11.1. The van der Waals surface area contributed by atoms with Gasteiger partial charge in [0.1, 0.15) is 17.4 Å². The molecule has 0 aliphatic rings. The first-order valence-electron chi connectivity index (χ1n) is 11.1. The van der Waals surface area contributed by atoms with Crippen molar-refractivity contribution in [3.63, 3.8) is 0 Å². The highest BCUT2D eigenvalue weighted by molar-refractivity contribution is 6.10. The molecular formula is C29H30N2O2. The lowest BCUT2D eigenvalue weighted by Gasteiger charge is -2.13. The van der Waals surface area contributed by atoms with E-state index < -0.39 is 5.91 Å². The third-order valence-electron chi connectivity index (χ3n) is 5.38. The molecule has 0 atom stereocenters. The van der Waals surface area contributed by atoms with Gasteiger partial charge in [0.25, 0.3) is 5.91 Å². The first-order valence-corrected chi connectivity index (χ1v) is 11.1. The lowest BCUT2D eigenvalue weighted by molar-refractivity contribution is -0.112. The van der Waals surface area contributed by atoms with Crippen LogP contribution in [0.5, 0.6) is 5.75 Å². The summed E-state index contributed by atoms with van der Waals surface area (Å²) in [6.07, 6.45) is 2.35. The Kier molecular flexibility index (Phi) is 7.69. The summed E-state index contributed by atoms with van der Waals surface area (Å²) < 4.78 is 5.90. The number of rotatable bonds is 7. The number of ether oxygens (including phenoxy) is 1. The minimum Gasteiger partial charge on any atom is -0.494 e. The van der Waals surface area contributed by atoms with Gasteiger partial charge < -0.3 is 10.1 Å². The summed E-state index contributed by atoms with van der Waals surface area (Å²) in [5.41, 5.74) is 8.24. The number of hydrogen-bond donors (Lipinski definition) is 1. The van der Waals surface area contributed by atoms with Gasteiger partial charge in [0.2, 0.25) is 0 Å². The van der Waals surface area contributed by atoms with Crippen LogP contribution in [0.15, 0.2) is 60.2 Å². The SMILES string of the molecule is CCOc1cc(/C=C(\C#N)C(=O)Nc2cc(C)ccc2C)ccc1Cc1cc(C)cc(C)c1. The van der Waals surface area contributed by atoms with E-state index in [1.54, 1.807) is 6.08 Å². The predicted molar refractivity (Wildman–Crippen MR) is 134 cm³/mol. The van der Waals surface area contributed by atoms with Crippen molar-refractivity contribution in [2.75, 3.05) is 11.9 Å². The minimum atomic E-state index is -0.427. The monoisotopic (exact) mass is 438 g/mol. The Morgan fingerprint density at radius 2 is 1.70 bits per heavy atom. The number of nitrogens with one attached hydrogen (secondary N) is 1. The number of anilines is 1. The molecule has 0 aliphatic heterocycles. The molecule has 3 rings (SSSR count). The van der Waals surface area contributed by atoms with Crippen LogP contribution in [-0.2, 0) is 11.2 Å². The lowest BCUT2D eigenvalue weighted by atomic mass is 9.98. The maximum Gasteiger partial charge on any atom is 0.266 e. The third kappa shape index (κ3) is 6.33. The average Bonchev–Trinajstić information content (AvgIpc) is 2.75. The number of carbonyl (C=O) groups is 1. The van der Waals surface area contributed by atoms with Gasteiger partial charge in [-0.3, -0.25) is 4.79 Å². The molecule has 1 N–H and O–H groups in total. The molecule has 33 heavy (non-hydrogen) atoms. The van der Waals surface area contributed by atoms with Gasteiger partial charge in [-0.2, -0.15) is 5.26 Å². The van der Waals surface area contributed by atoms with Gasteiger partial charge in [0.15, 0.2) is 0 Å². The summed E-state index contributed by atoms with van der Waals surface area (Å²) in [5.74, 6) is 0.334. The quantitative estimate of drug-likeness (QED) is 0.340. The van der Waals surface area contributed by atoms with Crippen molar-refractivity contribution in [1.82, 2.24) is 0 Å². The molecule has 0 saturated heterocycles. The van der Waals surface area contributed by atoms with E-state index in [4.69, 9.17) is 4.74 Å². The van der Waals surface area contributed by atoms with Crippen LogP contribution in [-0.4, -0.2) is 12.5 Å². The van der Waals surface area contributed by atoms with Crippen LogP contribution in [0, 0.1) is 39.0 Å². The van der Waals surface area contributed by atoms with Gasteiger partial charge in [0.05, 0.1) is 6.61 Å². The molecule has 0 spiro atoms. The maximum atomic E-state index is 12.8. The maximum absolute atomic E-state index is 12.8. The minimum absolute atomic E-state index is 0.0420. The molecule has 0 aromatic heterocycles. The fourth-order valence-electron chi connectivity index (χ4n) is 3.86. The summed E-state index contributed by atoms with van der Waals surface area (Å²) in [7, 11) is 0. The van der Waals surface area contributed by atoms with E-state index >= 15 is 0 Å². The zero-order chi connectivity index (χ0) is 24.0. The molecule has 3 aromatic carbocycles. The number of carbonyl (C=O) groups excluding carboxylic acids is 1. The summed E-state index contributed by atoms with van der Waals surface area (Å²) >= 11 is 0. The third-order valence-corrected chi connectivity index (χ3v) is 5.38. The zero-order valence-corrected chi connectivity index (χ0v) is 20.0. The molecule has 0 aliphatic carbocycles. The van der Waals surface area contributed by atoms with Crippen molar-refractivity contribution in [3.8, 4) is 11.8 Å². The van der Waals surface area contributed by atoms with E-state index in [9.17, 15) is 10.1 Å². The van der Waals surface area contributed by atoms with E-state index in [1.165, 1.54) is 16.7 Å². The lowest BCUT2D eigenvalue weighted by Crippen LogP contribution is -2.14. The highest BCUT2D eigenvalue weighted by Gasteiger charge is 2.13. The average molecular weight is 439 g/mol. The Hall–Kier alpha value is -3.84. The van der Waals surface area contributed by atoms with Gasteiger partial charge in [-0.25, -0.2) is 0 Å². The van der Waals surface area contributed by atoms with Gasteiger partial charge in [0, 0.05) is 12.1 Å². The highest BCUT2D eigenvalue weighted by atomic mass is 16.5. The van der Waals surface area contributed by atoms with Crippen molar-refractivity contribution >= 4 is 17.7 Å². The second-order valence-electron chi connectivity index (χ2n) is 8.42. The molecule has 0 heterocycles. The molecular weight excluding hydrogens is 408 g/mol. The van der Waals surface area contributed by atoms with Crippen molar-refractivity contribution in [2.45, 2.75) is 41.0 Å². The van der Waals surface area contributed by atoms with E-state index in [2.05, 4.69) is 37.4 Å². The number of benzene rings is 3. The fraction of sp³-hybridized carbons (Fsp3) is 0.241. The molecule has 3 aromatic rings. The molecule has 0 bridgehead atoms. The van der Waals surface area contributed by atoms with Crippen LogP contribution in [0.3, 0.4) is 0 Å². The standard InChI is InChI=1S/C29H30N2O2/c1-6-33-28-17-23(9-10-25(28)16-24-12-20(3)11-21(4)13-24)15-26(18-30)29(32)31-27-14-19(2)7-8-22(27)5/h7-15,17H,6,16H2,1-5H3,(H,31,32)/b26-15+. The molecule has 0 saturated carbocycles. The van der Waals surface area contributed by atoms with Crippen molar-refractivity contribution in [1.29, 1.82) is 5.26 Å².